The lowest BCUT2D eigenvalue weighted by Gasteiger charge is -2.17. The Kier molecular flexibility index (Phi) is 5.96. The third kappa shape index (κ3) is 3.88. The summed E-state index contributed by atoms with van der Waals surface area (Å²) in [6, 6.07) is 11.5. The van der Waals surface area contributed by atoms with E-state index >= 15 is 0 Å². The van der Waals surface area contributed by atoms with Gasteiger partial charge in [0.05, 0.1) is 11.5 Å². The number of carbonyl (C=O) groups is 2. The van der Waals surface area contributed by atoms with Crippen LogP contribution in [0.2, 0.25) is 0 Å². The lowest BCUT2D eigenvalue weighted by atomic mass is 9.95. The Bertz CT molecular complexity index is 1080. The summed E-state index contributed by atoms with van der Waals surface area (Å²) < 4.78 is 1.05. The Labute approximate surface area is 178 Å². The van der Waals surface area contributed by atoms with Gasteiger partial charge in [-0.05, 0) is 35.6 Å². The molecule has 0 radical (unpaired) electrons. The summed E-state index contributed by atoms with van der Waals surface area (Å²) in [6.45, 7) is 1.33. The van der Waals surface area contributed by atoms with E-state index in [1.807, 2.05) is 29.2 Å². The standard InChI is InChI=1S/C22H24N4O3S/c1-23-18-12-14(6-8-24-18)22(29)26-10-7-15(13-26)19-16-4-2-3-5-17(16)30-20(19)21(28)25-9-11-27/h2-6,8,12,15,27H,7,9-11,13H2,1H3,(H,23,24)(H,25,28)/t15-/m0/s1. The van der Waals surface area contributed by atoms with Crippen LogP contribution >= 0.6 is 11.3 Å². The lowest BCUT2D eigenvalue weighted by Crippen LogP contribution is -2.29. The number of fused-ring (bicyclic) bond motifs is 1. The van der Waals surface area contributed by atoms with Gasteiger partial charge >= 0.3 is 0 Å². The van der Waals surface area contributed by atoms with Crippen LogP contribution in [0, 0.1) is 0 Å². The Morgan fingerprint density at radius 2 is 2.13 bits per heavy atom. The number of thiophene rings is 1. The number of nitrogens with one attached hydrogen (secondary N) is 2. The molecule has 2 amide bonds. The van der Waals surface area contributed by atoms with Gasteiger partial charge in [-0.15, -0.1) is 11.3 Å². The minimum Gasteiger partial charge on any atom is -0.395 e. The molecule has 2 aromatic heterocycles. The molecule has 3 aromatic rings. The maximum Gasteiger partial charge on any atom is 0.261 e. The monoisotopic (exact) mass is 424 g/mol. The van der Waals surface area contributed by atoms with Crippen molar-refractivity contribution in [2.75, 3.05) is 38.6 Å². The van der Waals surface area contributed by atoms with Gasteiger partial charge in [-0.1, -0.05) is 18.2 Å². The third-order valence-electron chi connectivity index (χ3n) is 5.38. The molecule has 156 valence electrons. The van der Waals surface area contributed by atoms with E-state index in [-0.39, 0.29) is 30.9 Å². The average Bonchev–Trinajstić information content (AvgIpc) is 3.41. The fourth-order valence-electron chi connectivity index (χ4n) is 3.95. The molecule has 8 heteroatoms. The number of aromatic nitrogens is 1. The normalized spacial score (nSPS) is 16.1. The predicted molar refractivity (Wildman–Crippen MR) is 118 cm³/mol. The molecule has 4 rings (SSSR count). The number of carbonyl (C=O) groups excluding carboxylic acids is 2. The summed E-state index contributed by atoms with van der Waals surface area (Å²) in [5.74, 6) is 0.550. The maximum absolute atomic E-state index is 13.0. The molecule has 0 saturated carbocycles. The van der Waals surface area contributed by atoms with E-state index in [1.54, 1.807) is 25.4 Å². The Hall–Kier alpha value is -2.97. The van der Waals surface area contributed by atoms with Crippen molar-refractivity contribution in [3.8, 4) is 0 Å². The van der Waals surface area contributed by atoms with Crippen molar-refractivity contribution in [3.05, 3.63) is 58.6 Å². The maximum atomic E-state index is 13.0. The van der Waals surface area contributed by atoms with Gasteiger partial charge in [-0.2, -0.15) is 0 Å². The highest BCUT2D eigenvalue weighted by Gasteiger charge is 2.33. The molecule has 3 heterocycles. The lowest BCUT2D eigenvalue weighted by molar-refractivity contribution is 0.0790. The molecule has 1 atom stereocenters. The van der Waals surface area contributed by atoms with Crippen molar-refractivity contribution in [2.24, 2.45) is 0 Å². The van der Waals surface area contributed by atoms with E-state index in [0.29, 0.717) is 29.3 Å². The third-order valence-corrected chi connectivity index (χ3v) is 6.57. The zero-order chi connectivity index (χ0) is 21.1. The predicted octanol–water partition coefficient (Wildman–Crippen LogP) is 2.69. The molecule has 0 aliphatic carbocycles. The van der Waals surface area contributed by atoms with Crippen LogP contribution in [0.1, 0.15) is 37.9 Å². The van der Waals surface area contributed by atoms with Crippen molar-refractivity contribution < 1.29 is 14.7 Å². The van der Waals surface area contributed by atoms with Gasteiger partial charge in [0, 0.05) is 49.1 Å². The first kappa shape index (κ1) is 20.3. The van der Waals surface area contributed by atoms with Crippen LogP contribution in [0.5, 0.6) is 0 Å². The van der Waals surface area contributed by atoms with Crippen molar-refractivity contribution in [3.63, 3.8) is 0 Å². The smallest absolute Gasteiger partial charge is 0.261 e. The summed E-state index contributed by atoms with van der Waals surface area (Å²) in [5.41, 5.74) is 1.61. The fraction of sp³-hybridized carbons (Fsp3) is 0.318. The molecule has 1 aromatic carbocycles. The second-order valence-electron chi connectivity index (χ2n) is 7.24. The van der Waals surface area contributed by atoms with Gasteiger partial charge < -0.3 is 20.6 Å². The summed E-state index contributed by atoms with van der Waals surface area (Å²) >= 11 is 1.47. The van der Waals surface area contributed by atoms with Gasteiger partial charge in [-0.3, -0.25) is 9.59 Å². The van der Waals surface area contributed by atoms with Crippen molar-refractivity contribution in [1.82, 2.24) is 15.2 Å². The average molecular weight is 425 g/mol. The molecule has 1 saturated heterocycles. The summed E-state index contributed by atoms with van der Waals surface area (Å²) in [5, 5.41) is 15.9. The molecule has 1 aliphatic rings. The number of aliphatic hydroxyl groups is 1. The quantitative estimate of drug-likeness (QED) is 0.566. The first-order chi connectivity index (χ1) is 14.6. The van der Waals surface area contributed by atoms with Crippen LogP contribution in [0.3, 0.4) is 0 Å². The Morgan fingerprint density at radius 1 is 1.30 bits per heavy atom. The number of nitrogens with zero attached hydrogens (tertiary/aromatic N) is 2. The summed E-state index contributed by atoms with van der Waals surface area (Å²) in [4.78, 5) is 32.5. The fourth-order valence-corrected chi connectivity index (χ4v) is 5.16. The van der Waals surface area contributed by atoms with Crippen LogP contribution in [0.15, 0.2) is 42.6 Å². The molecule has 7 nitrogen and oxygen atoms in total. The largest absolute Gasteiger partial charge is 0.395 e. The number of pyridine rings is 1. The number of benzene rings is 1. The topological polar surface area (TPSA) is 94.6 Å². The van der Waals surface area contributed by atoms with E-state index in [4.69, 9.17) is 5.11 Å². The van der Waals surface area contributed by atoms with Gasteiger partial charge in [0.25, 0.3) is 11.8 Å². The number of amides is 2. The summed E-state index contributed by atoms with van der Waals surface area (Å²) in [6.07, 6.45) is 2.43. The number of rotatable bonds is 6. The molecule has 0 bridgehead atoms. The number of aliphatic hydroxyl groups excluding tert-OH is 1. The van der Waals surface area contributed by atoms with Crippen molar-refractivity contribution in [2.45, 2.75) is 12.3 Å². The van der Waals surface area contributed by atoms with Gasteiger partial charge in [0.2, 0.25) is 0 Å². The van der Waals surface area contributed by atoms with E-state index in [0.717, 1.165) is 22.1 Å². The van der Waals surface area contributed by atoms with Gasteiger partial charge in [0.15, 0.2) is 0 Å². The molecule has 0 spiro atoms. The highest BCUT2D eigenvalue weighted by molar-refractivity contribution is 7.21. The second kappa shape index (κ2) is 8.81. The Morgan fingerprint density at radius 3 is 2.93 bits per heavy atom. The highest BCUT2D eigenvalue weighted by atomic mass is 32.1. The van der Waals surface area contributed by atoms with E-state index in [2.05, 4.69) is 15.6 Å². The number of hydrogen-bond donors (Lipinski definition) is 3. The molecule has 0 unspecified atom stereocenters. The van der Waals surface area contributed by atoms with E-state index in [1.165, 1.54) is 11.3 Å². The van der Waals surface area contributed by atoms with Gasteiger partial charge in [0.1, 0.15) is 5.82 Å². The number of likely N-dealkylation sites (tertiary alicyclic amines) is 1. The van der Waals surface area contributed by atoms with Crippen LogP contribution in [-0.4, -0.2) is 60.1 Å². The number of anilines is 1. The minimum atomic E-state index is -0.169. The molecular weight excluding hydrogens is 400 g/mol. The molecule has 1 fully saturated rings. The first-order valence-electron chi connectivity index (χ1n) is 9.96. The highest BCUT2D eigenvalue weighted by Crippen LogP contribution is 2.40. The van der Waals surface area contributed by atoms with Crippen LogP contribution < -0.4 is 10.6 Å². The molecular formula is C22H24N4O3S. The van der Waals surface area contributed by atoms with Crippen LogP contribution in [0.4, 0.5) is 5.82 Å². The van der Waals surface area contributed by atoms with E-state index in [9.17, 15) is 9.59 Å². The SMILES string of the molecule is CNc1cc(C(=O)N2CC[C@H](c3c(C(=O)NCCO)sc4ccccc34)C2)ccn1. The Balaban J connectivity index is 1.61. The van der Waals surface area contributed by atoms with E-state index < -0.39 is 0 Å². The molecule has 30 heavy (non-hydrogen) atoms. The molecule has 1 aliphatic heterocycles. The first-order valence-corrected chi connectivity index (χ1v) is 10.8. The van der Waals surface area contributed by atoms with Crippen LogP contribution in [-0.2, 0) is 0 Å². The molecule has 3 N–H and O–H groups in total. The van der Waals surface area contributed by atoms with Crippen molar-refractivity contribution >= 4 is 39.1 Å². The van der Waals surface area contributed by atoms with Crippen LogP contribution in [0.25, 0.3) is 10.1 Å². The second-order valence-corrected chi connectivity index (χ2v) is 8.29. The zero-order valence-corrected chi connectivity index (χ0v) is 17.5. The van der Waals surface area contributed by atoms with Gasteiger partial charge in [-0.25, -0.2) is 4.98 Å². The number of hydrogen-bond acceptors (Lipinski definition) is 6. The summed E-state index contributed by atoms with van der Waals surface area (Å²) in [7, 11) is 1.77. The minimum absolute atomic E-state index is 0.0257. The van der Waals surface area contributed by atoms with Crippen molar-refractivity contribution in [1.29, 1.82) is 0 Å². The zero-order valence-electron chi connectivity index (χ0n) is 16.7.